The molecule has 2 aromatic carbocycles. The van der Waals surface area contributed by atoms with E-state index in [-0.39, 0.29) is 5.69 Å². The van der Waals surface area contributed by atoms with Crippen molar-refractivity contribution in [3.63, 3.8) is 0 Å². The molecule has 7 heteroatoms. The van der Waals surface area contributed by atoms with Crippen LogP contribution in [0.15, 0.2) is 66.7 Å². The van der Waals surface area contributed by atoms with Gasteiger partial charge in [-0.2, -0.15) is 5.01 Å². The molecule has 1 saturated heterocycles. The van der Waals surface area contributed by atoms with Crippen LogP contribution < -0.4 is 10.7 Å². The zero-order valence-corrected chi connectivity index (χ0v) is 15.9. The molecule has 1 aliphatic heterocycles. The highest BCUT2D eigenvalue weighted by atomic mass is 16.2. The summed E-state index contributed by atoms with van der Waals surface area (Å²) in [4.78, 5) is 42.1. The van der Waals surface area contributed by atoms with E-state index in [1.165, 1.54) is 0 Å². The minimum absolute atomic E-state index is 0.127. The van der Waals surface area contributed by atoms with E-state index in [4.69, 9.17) is 0 Å². The van der Waals surface area contributed by atoms with Gasteiger partial charge < -0.3 is 5.32 Å². The zero-order valence-electron chi connectivity index (χ0n) is 15.9. The Balaban J connectivity index is 1.47. The largest absolute Gasteiger partial charge is 0.344 e. The maximum atomic E-state index is 12.8. The summed E-state index contributed by atoms with van der Waals surface area (Å²) < 4.78 is 0. The number of nitrogens with one attached hydrogen (secondary N) is 2. The Bertz CT molecular complexity index is 1100. The van der Waals surface area contributed by atoms with Gasteiger partial charge in [-0.25, -0.2) is 9.78 Å². The lowest BCUT2D eigenvalue weighted by molar-refractivity contribution is -0.132. The minimum Gasteiger partial charge on any atom is -0.322 e. The number of hydrogen-bond donors (Lipinski definition) is 2. The van der Waals surface area contributed by atoms with Crippen LogP contribution in [0, 0.1) is 0 Å². The third kappa shape index (κ3) is 3.67. The fourth-order valence-electron chi connectivity index (χ4n) is 3.35. The Labute approximate surface area is 167 Å². The van der Waals surface area contributed by atoms with E-state index in [0.717, 1.165) is 16.0 Å². The summed E-state index contributed by atoms with van der Waals surface area (Å²) in [5.41, 5.74) is 3.15. The predicted molar refractivity (Wildman–Crippen MR) is 108 cm³/mol. The van der Waals surface area contributed by atoms with Crippen LogP contribution in [-0.2, 0) is 11.2 Å². The number of carbonyl (C=O) groups excluding carboxylic acids is 3. The fraction of sp³-hybridized carbons (Fsp3) is 0.182. The highest BCUT2D eigenvalue weighted by Crippen LogP contribution is 2.22. The molecule has 7 nitrogen and oxygen atoms in total. The normalized spacial score (nSPS) is 18.7. The van der Waals surface area contributed by atoms with Gasteiger partial charge >= 0.3 is 6.03 Å². The summed E-state index contributed by atoms with van der Waals surface area (Å²) >= 11 is 0. The third-order valence-corrected chi connectivity index (χ3v) is 5.06. The Morgan fingerprint density at radius 2 is 1.76 bits per heavy atom. The molecule has 1 aromatic heterocycles. The molecule has 0 bridgehead atoms. The second kappa shape index (κ2) is 7.35. The Morgan fingerprint density at radius 3 is 2.55 bits per heavy atom. The smallest absolute Gasteiger partial charge is 0.322 e. The lowest BCUT2D eigenvalue weighted by Crippen LogP contribution is -2.49. The maximum Gasteiger partial charge on any atom is 0.344 e. The summed E-state index contributed by atoms with van der Waals surface area (Å²) in [5, 5.41) is 4.33. The van der Waals surface area contributed by atoms with Gasteiger partial charge in [0, 0.05) is 5.39 Å². The molecule has 0 aliphatic carbocycles. The standard InChI is InChI=1S/C22H20N4O3/c1-22(14-13-15-7-3-2-4-8-15)20(28)26(21(29)24-22)25-19(27)18-12-11-16-9-5-6-10-17(16)23-18/h2-12H,13-14H2,1H3,(H,24,29)(H,25,27)/t22-/m1/s1. The van der Waals surface area contributed by atoms with E-state index in [1.807, 2.05) is 48.5 Å². The Morgan fingerprint density at radius 1 is 1.03 bits per heavy atom. The van der Waals surface area contributed by atoms with Crippen molar-refractivity contribution >= 4 is 28.7 Å². The molecule has 0 spiro atoms. The van der Waals surface area contributed by atoms with Crippen LogP contribution in [0.1, 0.15) is 29.4 Å². The predicted octanol–water partition coefficient (Wildman–Crippen LogP) is 2.82. The third-order valence-electron chi connectivity index (χ3n) is 5.06. The second-order valence-electron chi connectivity index (χ2n) is 7.22. The van der Waals surface area contributed by atoms with Crippen molar-refractivity contribution in [2.24, 2.45) is 0 Å². The van der Waals surface area contributed by atoms with Crippen molar-refractivity contribution in [1.82, 2.24) is 20.7 Å². The number of amides is 4. The van der Waals surface area contributed by atoms with Crippen LogP contribution in [-0.4, -0.2) is 33.4 Å². The van der Waals surface area contributed by atoms with E-state index in [9.17, 15) is 14.4 Å². The van der Waals surface area contributed by atoms with Crippen molar-refractivity contribution in [3.8, 4) is 0 Å². The second-order valence-corrected chi connectivity index (χ2v) is 7.22. The molecule has 146 valence electrons. The average molecular weight is 388 g/mol. The number of aryl methyl sites for hydroxylation is 1. The van der Waals surface area contributed by atoms with E-state index in [2.05, 4.69) is 15.7 Å². The first-order valence-corrected chi connectivity index (χ1v) is 9.34. The van der Waals surface area contributed by atoms with Gasteiger partial charge in [0.2, 0.25) is 0 Å². The van der Waals surface area contributed by atoms with Crippen molar-refractivity contribution in [2.75, 3.05) is 0 Å². The van der Waals surface area contributed by atoms with Crippen LogP contribution in [0.2, 0.25) is 0 Å². The highest BCUT2D eigenvalue weighted by molar-refractivity contribution is 6.09. The molecule has 0 saturated carbocycles. The lowest BCUT2D eigenvalue weighted by Gasteiger charge is -2.21. The molecule has 2 heterocycles. The minimum atomic E-state index is -1.09. The topological polar surface area (TPSA) is 91.4 Å². The monoisotopic (exact) mass is 388 g/mol. The highest BCUT2D eigenvalue weighted by Gasteiger charge is 2.48. The van der Waals surface area contributed by atoms with Gasteiger partial charge in [0.15, 0.2) is 0 Å². The van der Waals surface area contributed by atoms with Crippen LogP contribution in [0.25, 0.3) is 10.9 Å². The van der Waals surface area contributed by atoms with Crippen LogP contribution in [0.3, 0.4) is 0 Å². The number of imide groups is 1. The molecule has 3 aromatic rings. The summed E-state index contributed by atoms with van der Waals surface area (Å²) in [6.45, 7) is 1.66. The van der Waals surface area contributed by atoms with Gasteiger partial charge in [-0.15, -0.1) is 0 Å². The fourth-order valence-corrected chi connectivity index (χ4v) is 3.35. The van der Waals surface area contributed by atoms with Gasteiger partial charge in [-0.05, 0) is 37.5 Å². The molecule has 4 amide bonds. The van der Waals surface area contributed by atoms with Gasteiger partial charge in [-0.1, -0.05) is 54.6 Å². The number of rotatable bonds is 5. The number of urea groups is 1. The van der Waals surface area contributed by atoms with Gasteiger partial charge in [0.1, 0.15) is 11.2 Å². The lowest BCUT2D eigenvalue weighted by atomic mass is 9.93. The number of aromatic nitrogens is 1. The van der Waals surface area contributed by atoms with Crippen molar-refractivity contribution in [3.05, 3.63) is 78.0 Å². The average Bonchev–Trinajstić information content (AvgIpc) is 2.96. The van der Waals surface area contributed by atoms with Crippen LogP contribution in [0.5, 0.6) is 0 Å². The summed E-state index contributed by atoms with van der Waals surface area (Å²) in [6, 6.07) is 19.8. The first kappa shape index (κ1) is 18.6. The van der Waals surface area contributed by atoms with Crippen molar-refractivity contribution < 1.29 is 14.4 Å². The molecule has 1 atom stereocenters. The summed E-state index contributed by atoms with van der Waals surface area (Å²) in [5.74, 6) is -1.11. The molecular formula is C22H20N4O3. The molecule has 1 fully saturated rings. The van der Waals surface area contributed by atoms with Gasteiger partial charge in [-0.3, -0.25) is 15.0 Å². The molecule has 29 heavy (non-hydrogen) atoms. The molecule has 4 rings (SSSR count). The van der Waals surface area contributed by atoms with Crippen molar-refractivity contribution in [1.29, 1.82) is 0 Å². The number of pyridine rings is 1. The molecule has 1 aliphatic rings. The molecule has 0 radical (unpaired) electrons. The number of benzene rings is 2. The number of fused-ring (bicyclic) bond motifs is 1. The number of nitrogens with zero attached hydrogens (tertiary/aromatic N) is 2. The van der Waals surface area contributed by atoms with E-state index in [1.54, 1.807) is 25.1 Å². The first-order valence-electron chi connectivity index (χ1n) is 9.34. The quantitative estimate of drug-likeness (QED) is 0.658. The van der Waals surface area contributed by atoms with Crippen LogP contribution in [0.4, 0.5) is 4.79 Å². The van der Waals surface area contributed by atoms with E-state index < -0.39 is 23.4 Å². The van der Waals surface area contributed by atoms with E-state index >= 15 is 0 Å². The first-order chi connectivity index (χ1) is 14.0. The summed E-state index contributed by atoms with van der Waals surface area (Å²) in [6.07, 6.45) is 1.04. The molecule has 0 unspecified atom stereocenters. The van der Waals surface area contributed by atoms with Crippen LogP contribution >= 0.6 is 0 Å². The number of hydrogen-bond acceptors (Lipinski definition) is 4. The SMILES string of the molecule is C[C@]1(CCc2ccccc2)NC(=O)N(NC(=O)c2ccc3ccccc3n2)C1=O. The maximum absolute atomic E-state index is 12.8. The number of para-hydroxylation sites is 1. The summed E-state index contributed by atoms with van der Waals surface area (Å²) in [7, 11) is 0. The van der Waals surface area contributed by atoms with E-state index in [0.29, 0.717) is 18.4 Å². The Kier molecular flexibility index (Phi) is 4.72. The number of carbonyl (C=O) groups is 3. The van der Waals surface area contributed by atoms with Crippen molar-refractivity contribution in [2.45, 2.75) is 25.3 Å². The molecule has 2 N–H and O–H groups in total. The molecular weight excluding hydrogens is 368 g/mol. The van der Waals surface area contributed by atoms with Gasteiger partial charge in [0.05, 0.1) is 5.52 Å². The number of hydrazine groups is 1. The van der Waals surface area contributed by atoms with Gasteiger partial charge in [0.25, 0.3) is 11.8 Å². The Hall–Kier alpha value is -3.74. The zero-order chi connectivity index (χ0) is 20.4.